The maximum Gasteiger partial charge on any atom is 0.262 e. The maximum absolute atomic E-state index is 10.8. The largest absolute Gasteiger partial charge is 0.490 e. The van der Waals surface area contributed by atoms with Gasteiger partial charge >= 0.3 is 0 Å². The average molecular weight is 315 g/mol. The number of aldehydes is 1. The summed E-state index contributed by atoms with van der Waals surface area (Å²) in [6, 6.07) is 8.02. The van der Waals surface area contributed by atoms with Crippen LogP contribution in [-0.2, 0) is 0 Å². The Bertz CT molecular complexity index is 709. The lowest BCUT2D eigenvalue weighted by Gasteiger charge is -2.37. The minimum atomic E-state index is -0.381. The van der Waals surface area contributed by atoms with Gasteiger partial charge in [0.05, 0.1) is 0 Å². The Morgan fingerprint density at radius 3 is 3.00 bits per heavy atom. The van der Waals surface area contributed by atoms with Crippen LogP contribution in [-0.4, -0.2) is 34.5 Å². The molecule has 0 aliphatic carbocycles. The summed E-state index contributed by atoms with van der Waals surface area (Å²) in [6.07, 6.45) is 2.54. The molecule has 0 spiro atoms. The molecule has 23 heavy (non-hydrogen) atoms. The second-order valence-electron chi connectivity index (χ2n) is 6.55. The van der Waals surface area contributed by atoms with E-state index in [0.717, 1.165) is 25.1 Å². The van der Waals surface area contributed by atoms with Crippen molar-refractivity contribution in [3.63, 3.8) is 0 Å². The van der Waals surface area contributed by atoms with E-state index < -0.39 is 0 Å². The van der Waals surface area contributed by atoms with Crippen molar-refractivity contribution in [3.05, 3.63) is 30.0 Å². The first-order valence-electron chi connectivity index (χ1n) is 7.74. The molecule has 1 saturated heterocycles. The molecular formula is C17H21N3O3. The monoisotopic (exact) mass is 315 g/mol. The van der Waals surface area contributed by atoms with Gasteiger partial charge in [-0.2, -0.15) is 4.98 Å². The molecule has 1 fully saturated rings. The van der Waals surface area contributed by atoms with E-state index in [2.05, 4.69) is 29.5 Å². The van der Waals surface area contributed by atoms with Gasteiger partial charge in [0.15, 0.2) is 6.29 Å². The van der Waals surface area contributed by atoms with Crippen molar-refractivity contribution < 1.29 is 14.3 Å². The van der Waals surface area contributed by atoms with Crippen LogP contribution in [0.3, 0.4) is 0 Å². The SMILES string of the molecule is CC1(C)CC(Nc2cccc(-c3nc(O)c(C=O)o3)c2)CCN1. The minimum Gasteiger partial charge on any atom is -0.490 e. The average Bonchev–Trinajstić information content (AvgIpc) is 2.88. The zero-order chi connectivity index (χ0) is 16.4. The van der Waals surface area contributed by atoms with Crippen LogP contribution in [0.4, 0.5) is 5.69 Å². The van der Waals surface area contributed by atoms with Crippen LogP contribution in [0.2, 0.25) is 0 Å². The number of piperidine rings is 1. The standard InChI is InChI=1S/C17H21N3O3/c1-17(2)9-13(6-7-18-17)19-12-5-3-4-11(8-12)16-20-15(22)14(10-21)23-16/h3-5,8,10,13,18-19,22H,6-7,9H2,1-2H3. The zero-order valence-corrected chi connectivity index (χ0v) is 13.3. The van der Waals surface area contributed by atoms with Gasteiger partial charge in [-0.05, 0) is 51.4 Å². The molecule has 2 aromatic rings. The molecule has 0 radical (unpaired) electrons. The van der Waals surface area contributed by atoms with E-state index in [1.165, 1.54) is 0 Å². The number of hydrogen-bond acceptors (Lipinski definition) is 6. The molecule has 2 heterocycles. The zero-order valence-electron chi connectivity index (χ0n) is 13.3. The number of benzene rings is 1. The minimum absolute atomic E-state index is 0.126. The Kier molecular flexibility index (Phi) is 4.09. The molecule has 6 nitrogen and oxygen atoms in total. The van der Waals surface area contributed by atoms with Gasteiger partial charge < -0.3 is 20.2 Å². The quantitative estimate of drug-likeness (QED) is 0.752. The number of rotatable bonds is 4. The number of nitrogens with one attached hydrogen (secondary N) is 2. The van der Waals surface area contributed by atoms with Gasteiger partial charge in [0, 0.05) is 22.8 Å². The molecule has 1 aromatic heterocycles. The summed E-state index contributed by atoms with van der Waals surface area (Å²) in [5.74, 6) is -0.300. The van der Waals surface area contributed by atoms with Gasteiger partial charge in [-0.25, -0.2) is 0 Å². The normalized spacial score (nSPS) is 20.2. The molecule has 1 unspecified atom stereocenters. The highest BCUT2D eigenvalue weighted by atomic mass is 16.4. The first kappa shape index (κ1) is 15.6. The highest BCUT2D eigenvalue weighted by Crippen LogP contribution is 2.28. The van der Waals surface area contributed by atoms with Gasteiger partial charge in [0.25, 0.3) is 5.88 Å². The molecule has 1 aliphatic rings. The molecule has 0 bridgehead atoms. The van der Waals surface area contributed by atoms with Crippen molar-refractivity contribution in [3.8, 4) is 17.3 Å². The fourth-order valence-corrected chi connectivity index (χ4v) is 3.00. The van der Waals surface area contributed by atoms with Crippen molar-refractivity contribution in [1.82, 2.24) is 10.3 Å². The Morgan fingerprint density at radius 2 is 2.30 bits per heavy atom. The van der Waals surface area contributed by atoms with Crippen molar-refractivity contribution >= 4 is 12.0 Å². The molecular weight excluding hydrogens is 294 g/mol. The van der Waals surface area contributed by atoms with Crippen LogP contribution in [0.1, 0.15) is 37.2 Å². The van der Waals surface area contributed by atoms with Gasteiger partial charge in [0.2, 0.25) is 11.7 Å². The fourth-order valence-electron chi connectivity index (χ4n) is 3.00. The van der Waals surface area contributed by atoms with Crippen molar-refractivity contribution in [2.24, 2.45) is 0 Å². The highest BCUT2D eigenvalue weighted by molar-refractivity contribution is 5.75. The third-order valence-corrected chi connectivity index (χ3v) is 4.07. The smallest absolute Gasteiger partial charge is 0.262 e. The second-order valence-corrected chi connectivity index (χ2v) is 6.55. The maximum atomic E-state index is 10.8. The summed E-state index contributed by atoms with van der Waals surface area (Å²) in [5.41, 5.74) is 1.81. The van der Waals surface area contributed by atoms with Crippen LogP contribution in [0.25, 0.3) is 11.5 Å². The summed E-state index contributed by atoms with van der Waals surface area (Å²) in [6.45, 7) is 5.39. The molecule has 0 saturated carbocycles. The van der Waals surface area contributed by atoms with Gasteiger partial charge in [-0.3, -0.25) is 4.79 Å². The molecule has 3 rings (SSSR count). The Morgan fingerprint density at radius 1 is 1.48 bits per heavy atom. The van der Waals surface area contributed by atoms with Gasteiger partial charge in [-0.15, -0.1) is 0 Å². The number of oxazole rings is 1. The molecule has 1 aromatic carbocycles. The third kappa shape index (κ3) is 3.53. The first-order valence-corrected chi connectivity index (χ1v) is 7.74. The van der Waals surface area contributed by atoms with E-state index in [0.29, 0.717) is 17.9 Å². The number of aromatic hydroxyl groups is 1. The van der Waals surface area contributed by atoms with Gasteiger partial charge in [0.1, 0.15) is 0 Å². The predicted molar refractivity (Wildman–Crippen MR) is 87.7 cm³/mol. The molecule has 1 aliphatic heterocycles. The lowest BCUT2D eigenvalue weighted by atomic mass is 9.89. The summed E-state index contributed by atoms with van der Waals surface area (Å²) in [5, 5.41) is 16.6. The number of carbonyl (C=O) groups is 1. The topological polar surface area (TPSA) is 87.4 Å². The number of nitrogens with zero attached hydrogens (tertiary/aromatic N) is 1. The summed E-state index contributed by atoms with van der Waals surface area (Å²) >= 11 is 0. The molecule has 122 valence electrons. The van der Waals surface area contributed by atoms with E-state index in [1.807, 2.05) is 24.3 Å². The molecule has 3 N–H and O–H groups in total. The van der Waals surface area contributed by atoms with E-state index in [9.17, 15) is 9.90 Å². The van der Waals surface area contributed by atoms with E-state index in [4.69, 9.17) is 4.42 Å². The van der Waals surface area contributed by atoms with Crippen molar-refractivity contribution in [2.75, 3.05) is 11.9 Å². The van der Waals surface area contributed by atoms with Crippen LogP contribution in [0.5, 0.6) is 5.88 Å². The number of anilines is 1. The second kappa shape index (κ2) is 6.04. The Labute approximate surface area is 134 Å². The number of hydrogen-bond donors (Lipinski definition) is 3. The Balaban J connectivity index is 1.78. The predicted octanol–water partition coefficient (Wildman–Crippen LogP) is 2.80. The first-order chi connectivity index (χ1) is 11.0. The van der Waals surface area contributed by atoms with Crippen molar-refractivity contribution in [1.29, 1.82) is 0 Å². The lowest BCUT2D eigenvalue weighted by Crippen LogP contribution is -2.49. The number of aromatic nitrogens is 1. The number of carbonyl (C=O) groups excluding carboxylic acids is 1. The van der Waals surface area contributed by atoms with Crippen LogP contribution >= 0.6 is 0 Å². The van der Waals surface area contributed by atoms with Crippen molar-refractivity contribution in [2.45, 2.75) is 38.3 Å². The molecule has 1 atom stereocenters. The molecule has 0 amide bonds. The molecule has 6 heteroatoms. The van der Waals surface area contributed by atoms with E-state index in [-0.39, 0.29) is 23.1 Å². The summed E-state index contributed by atoms with van der Waals surface area (Å²) in [7, 11) is 0. The third-order valence-electron chi connectivity index (χ3n) is 4.07. The lowest BCUT2D eigenvalue weighted by molar-refractivity contribution is 0.109. The van der Waals surface area contributed by atoms with E-state index in [1.54, 1.807) is 0 Å². The van der Waals surface area contributed by atoms with Crippen LogP contribution in [0, 0.1) is 0 Å². The summed E-state index contributed by atoms with van der Waals surface area (Å²) in [4.78, 5) is 14.6. The summed E-state index contributed by atoms with van der Waals surface area (Å²) < 4.78 is 5.26. The fraction of sp³-hybridized carbons (Fsp3) is 0.412. The van der Waals surface area contributed by atoms with Gasteiger partial charge in [-0.1, -0.05) is 6.07 Å². The van der Waals surface area contributed by atoms with Crippen LogP contribution < -0.4 is 10.6 Å². The Hall–Kier alpha value is -2.34. The highest BCUT2D eigenvalue weighted by Gasteiger charge is 2.27. The van der Waals surface area contributed by atoms with Crippen LogP contribution in [0.15, 0.2) is 28.7 Å². The van der Waals surface area contributed by atoms with E-state index >= 15 is 0 Å².